The molecule has 0 radical (unpaired) electrons. The van der Waals surface area contributed by atoms with Crippen molar-refractivity contribution in [3.8, 4) is 5.75 Å². The van der Waals surface area contributed by atoms with E-state index in [2.05, 4.69) is 11.9 Å². The molecule has 1 unspecified atom stereocenters. The average Bonchev–Trinajstić information content (AvgIpc) is 2.88. The van der Waals surface area contributed by atoms with Gasteiger partial charge in [-0.1, -0.05) is 18.5 Å². The lowest BCUT2D eigenvalue weighted by Crippen LogP contribution is -2.10. The third-order valence-corrected chi connectivity index (χ3v) is 3.44. The van der Waals surface area contributed by atoms with Crippen LogP contribution in [0.3, 0.4) is 0 Å². The van der Waals surface area contributed by atoms with E-state index >= 15 is 0 Å². The Morgan fingerprint density at radius 1 is 1.45 bits per heavy atom. The largest absolute Gasteiger partial charge is 0.496 e. The number of rotatable bonds is 6. The van der Waals surface area contributed by atoms with Crippen molar-refractivity contribution in [2.45, 2.75) is 32.4 Å². The molecule has 1 aromatic heterocycles. The highest BCUT2D eigenvalue weighted by atomic mass is 35.5. The summed E-state index contributed by atoms with van der Waals surface area (Å²) in [5, 5.41) is 11.1. The van der Waals surface area contributed by atoms with Gasteiger partial charge in [-0.2, -0.15) is 0 Å². The zero-order valence-electron chi connectivity index (χ0n) is 11.7. The number of hydrogen-bond donors (Lipinski definition) is 1. The Balaban J connectivity index is 2.20. The number of imidazole rings is 1. The Morgan fingerprint density at radius 2 is 2.25 bits per heavy atom. The lowest BCUT2D eigenvalue weighted by Gasteiger charge is -2.15. The summed E-state index contributed by atoms with van der Waals surface area (Å²) in [7, 11) is 1.61. The van der Waals surface area contributed by atoms with Crippen LogP contribution in [0.1, 0.15) is 30.7 Å². The van der Waals surface area contributed by atoms with Crippen LogP contribution in [-0.4, -0.2) is 21.8 Å². The van der Waals surface area contributed by atoms with Gasteiger partial charge in [0.15, 0.2) is 0 Å². The number of aliphatic hydroxyl groups is 1. The van der Waals surface area contributed by atoms with Crippen molar-refractivity contribution in [2.75, 3.05) is 7.11 Å². The number of halogens is 1. The third kappa shape index (κ3) is 3.32. The van der Waals surface area contributed by atoms with Crippen molar-refractivity contribution in [2.24, 2.45) is 0 Å². The van der Waals surface area contributed by atoms with Gasteiger partial charge in [0.05, 0.1) is 31.4 Å². The molecule has 0 bridgehead atoms. The molecule has 0 spiro atoms. The van der Waals surface area contributed by atoms with E-state index in [1.165, 1.54) is 0 Å². The van der Waals surface area contributed by atoms with Crippen LogP contribution in [0.25, 0.3) is 0 Å². The quantitative estimate of drug-likeness (QED) is 0.890. The standard InChI is InChI=1S/C15H19ClN2O2/c1-3-6-18-10-17-9-13(18)14(19)8-11-7-12(16)4-5-15(11)20-2/h4-5,7,9-10,14,19H,3,6,8H2,1-2H3. The van der Waals surface area contributed by atoms with Crippen molar-refractivity contribution in [3.63, 3.8) is 0 Å². The number of hydrogen-bond acceptors (Lipinski definition) is 3. The second-order valence-corrected chi connectivity index (χ2v) is 5.12. The molecule has 108 valence electrons. The van der Waals surface area contributed by atoms with Crippen molar-refractivity contribution >= 4 is 11.6 Å². The minimum atomic E-state index is -0.628. The topological polar surface area (TPSA) is 47.3 Å². The molecule has 0 saturated carbocycles. The number of nitrogens with zero attached hydrogens (tertiary/aromatic N) is 2. The molecule has 1 aromatic carbocycles. The van der Waals surface area contributed by atoms with E-state index in [-0.39, 0.29) is 0 Å². The summed E-state index contributed by atoms with van der Waals surface area (Å²) in [4.78, 5) is 4.11. The third-order valence-electron chi connectivity index (χ3n) is 3.21. The van der Waals surface area contributed by atoms with Gasteiger partial charge in [-0.25, -0.2) is 4.98 Å². The van der Waals surface area contributed by atoms with E-state index in [0.29, 0.717) is 11.4 Å². The first kappa shape index (κ1) is 14.9. The molecule has 0 fully saturated rings. The van der Waals surface area contributed by atoms with Crippen LogP contribution in [0.15, 0.2) is 30.7 Å². The second kappa shape index (κ2) is 6.77. The number of ether oxygens (including phenoxy) is 1. The first-order valence-corrected chi connectivity index (χ1v) is 7.04. The summed E-state index contributed by atoms with van der Waals surface area (Å²) >= 11 is 6.01. The van der Waals surface area contributed by atoms with Gasteiger partial charge < -0.3 is 14.4 Å². The fourth-order valence-electron chi connectivity index (χ4n) is 2.26. The molecule has 1 atom stereocenters. The Bertz CT molecular complexity index is 569. The predicted octanol–water partition coefficient (Wildman–Crippen LogP) is 3.23. The maximum Gasteiger partial charge on any atom is 0.122 e. The van der Waals surface area contributed by atoms with Crippen LogP contribution in [0, 0.1) is 0 Å². The summed E-state index contributed by atoms with van der Waals surface area (Å²) in [5.74, 6) is 0.731. The van der Waals surface area contributed by atoms with Crippen LogP contribution in [0.4, 0.5) is 0 Å². The second-order valence-electron chi connectivity index (χ2n) is 4.69. The lowest BCUT2D eigenvalue weighted by molar-refractivity contribution is 0.167. The van der Waals surface area contributed by atoms with Crippen LogP contribution in [0.2, 0.25) is 5.02 Å². The van der Waals surface area contributed by atoms with Gasteiger partial charge >= 0.3 is 0 Å². The van der Waals surface area contributed by atoms with E-state index in [0.717, 1.165) is 30.0 Å². The molecule has 0 saturated heterocycles. The van der Waals surface area contributed by atoms with E-state index < -0.39 is 6.10 Å². The maximum absolute atomic E-state index is 10.4. The highest BCUT2D eigenvalue weighted by molar-refractivity contribution is 6.30. The summed E-state index contributed by atoms with van der Waals surface area (Å²) in [5.41, 5.74) is 1.70. The zero-order valence-corrected chi connectivity index (χ0v) is 12.5. The van der Waals surface area contributed by atoms with Gasteiger partial charge in [-0.15, -0.1) is 0 Å². The maximum atomic E-state index is 10.4. The monoisotopic (exact) mass is 294 g/mol. The number of aliphatic hydroxyl groups excluding tert-OH is 1. The fraction of sp³-hybridized carbons (Fsp3) is 0.400. The number of benzene rings is 1. The van der Waals surface area contributed by atoms with Gasteiger partial charge in [0.25, 0.3) is 0 Å². The predicted molar refractivity (Wildman–Crippen MR) is 79.2 cm³/mol. The van der Waals surface area contributed by atoms with Crippen LogP contribution < -0.4 is 4.74 Å². The highest BCUT2D eigenvalue weighted by Gasteiger charge is 2.16. The van der Waals surface area contributed by atoms with E-state index in [4.69, 9.17) is 16.3 Å². The molecule has 0 amide bonds. The van der Waals surface area contributed by atoms with Crippen LogP contribution >= 0.6 is 11.6 Å². The Kier molecular flexibility index (Phi) is 5.04. The molecular weight excluding hydrogens is 276 g/mol. The van der Waals surface area contributed by atoms with E-state index in [1.54, 1.807) is 25.7 Å². The molecule has 1 N–H and O–H groups in total. The van der Waals surface area contributed by atoms with Gasteiger partial charge in [-0.05, 0) is 30.2 Å². The smallest absolute Gasteiger partial charge is 0.122 e. The SMILES string of the molecule is CCCn1cncc1C(O)Cc1cc(Cl)ccc1OC. The molecule has 2 rings (SSSR count). The normalized spacial score (nSPS) is 12.4. The average molecular weight is 295 g/mol. The minimum absolute atomic E-state index is 0.444. The van der Waals surface area contributed by atoms with Gasteiger partial charge in [0, 0.05) is 18.0 Å². The number of methoxy groups -OCH3 is 1. The van der Waals surface area contributed by atoms with Gasteiger partial charge in [-0.3, -0.25) is 0 Å². The fourth-order valence-corrected chi connectivity index (χ4v) is 2.45. The first-order valence-electron chi connectivity index (χ1n) is 6.66. The van der Waals surface area contributed by atoms with Crippen molar-refractivity contribution in [1.82, 2.24) is 9.55 Å². The zero-order chi connectivity index (χ0) is 14.5. The van der Waals surface area contributed by atoms with Gasteiger partial charge in [0.1, 0.15) is 5.75 Å². The lowest BCUT2D eigenvalue weighted by atomic mass is 10.0. The van der Waals surface area contributed by atoms with Crippen molar-refractivity contribution in [1.29, 1.82) is 0 Å². The molecule has 0 aliphatic heterocycles. The Morgan fingerprint density at radius 3 is 2.95 bits per heavy atom. The summed E-state index contributed by atoms with van der Waals surface area (Å²) in [6.07, 6.45) is 4.26. The molecule has 0 aliphatic carbocycles. The summed E-state index contributed by atoms with van der Waals surface area (Å²) in [6.45, 7) is 2.94. The highest BCUT2D eigenvalue weighted by Crippen LogP contribution is 2.27. The number of aromatic nitrogens is 2. The molecule has 2 aromatic rings. The van der Waals surface area contributed by atoms with Crippen LogP contribution in [0.5, 0.6) is 5.75 Å². The molecule has 5 heteroatoms. The molecule has 1 heterocycles. The van der Waals surface area contributed by atoms with E-state index in [9.17, 15) is 5.11 Å². The molecule has 0 aliphatic rings. The molecule has 20 heavy (non-hydrogen) atoms. The van der Waals surface area contributed by atoms with Gasteiger partial charge in [0.2, 0.25) is 0 Å². The number of aryl methyl sites for hydroxylation is 1. The molecular formula is C15H19ClN2O2. The molecule has 4 nitrogen and oxygen atoms in total. The Labute approximate surface area is 124 Å². The Hall–Kier alpha value is -1.52. The summed E-state index contributed by atoms with van der Waals surface area (Å²) in [6, 6.07) is 5.41. The van der Waals surface area contributed by atoms with Crippen LogP contribution in [-0.2, 0) is 13.0 Å². The summed E-state index contributed by atoms with van der Waals surface area (Å²) < 4.78 is 7.28. The van der Waals surface area contributed by atoms with Crippen molar-refractivity contribution in [3.05, 3.63) is 47.0 Å². The van der Waals surface area contributed by atoms with E-state index in [1.807, 2.05) is 16.7 Å². The minimum Gasteiger partial charge on any atom is -0.496 e. The van der Waals surface area contributed by atoms with Crippen molar-refractivity contribution < 1.29 is 9.84 Å². The first-order chi connectivity index (χ1) is 9.65.